The van der Waals surface area contributed by atoms with E-state index in [4.69, 9.17) is 9.15 Å². The summed E-state index contributed by atoms with van der Waals surface area (Å²) in [5, 5.41) is 3.56. The van der Waals surface area contributed by atoms with Gasteiger partial charge in [0.2, 0.25) is 5.91 Å². The van der Waals surface area contributed by atoms with E-state index in [2.05, 4.69) is 24.3 Å². The molecule has 3 saturated heterocycles. The molecular formula is C22H27N3O4. The number of nitrogens with zero attached hydrogens (tertiary/aromatic N) is 2. The largest absolute Gasteiger partial charge is 0.451 e. The second-order valence-electron chi connectivity index (χ2n) is 9.02. The van der Waals surface area contributed by atoms with E-state index in [1.54, 1.807) is 18.2 Å². The third-order valence-electron chi connectivity index (χ3n) is 6.69. The number of anilines is 1. The van der Waals surface area contributed by atoms with E-state index >= 15 is 0 Å². The Bertz CT molecular complexity index is 984. The van der Waals surface area contributed by atoms with Crippen molar-refractivity contribution in [2.24, 2.45) is 11.8 Å². The maximum Gasteiger partial charge on any atom is 0.289 e. The molecule has 5 rings (SSSR count). The van der Waals surface area contributed by atoms with Gasteiger partial charge in [0, 0.05) is 42.9 Å². The molecule has 2 bridgehead atoms. The first kappa shape index (κ1) is 18.6. The molecule has 1 spiro atoms. The number of amides is 2. The van der Waals surface area contributed by atoms with Crippen LogP contribution in [0.15, 0.2) is 28.7 Å². The first-order valence-electron chi connectivity index (χ1n) is 10.3. The molecular weight excluding hydrogens is 370 g/mol. The van der Waals surface area contributed by atoms with Gasteiger partial charge in [0.1, 0.15) is 5.58 Å². The molecule has 2 aromatic rings. The van der Waals surface area contributed by atoms with E-state index in [1.165, 1.54) is 6.92 Å². The number of carbonyl (C=O) groups is 2. The molecule has 0 unspecified atom stereocenters. The van der Waals surface area contributed by atoms with Crippen LogP contribution in [0.1, 0.15) is 30.3 Å². The summed E-state index contributed by atoms with van der Waals surface area (Å²) in [5.74, 6) is 1.00. The van der Waals surface area contributed by atoms with Crippen molar-refractivity contribution < 1.29 is 18.7 Å². The van der Waals surface area contributed by atoms with Gasteiger partial charge in [-0.1, -0.05) is 0 Å². The molecule has 0 radical (unpaired) electrons. The molecule has 1 aromatic heterocycles. The lowest BCUT2D eigenvalue weighted by Gasteiger charge is -2.30. The van der Waals surface area contributed by atoms with Crippen LogP contribution in [-0.2, 0) is 9.53 Å². The van der Waals surface area contributed by atoms with E-state index in [1.807, 2.05) is 11.0 Å². The van der Waals surface area contributed by atoms with Crippen molar-refractivity contribution in [2.75, 3.05) is 39.0 Å². The Labute approximate surface area is 170 Å². The summed E-state index contributed by atoms with van der Waals surface area (Å²) < 4.78 is 12.3. The van der Waals surface area contributed by atoms with E-state index < -0.39 is 0 Å². The van der Waals surface area contributed by atoms with Crippen LogP contribution >= 0.6 is 0 Å². The Morgan fingerprint density at radius 2 is 2.14 bits per heavy atom. The predicted octanol–water partition coefficient (Wildman–Crippen LogP) is 2.57. The van der Waals surface area contributed by atoms with Gasteiger partial charge in [0.15, 0.2) is 5.76 Å². The van der Waals surface area contributed by atoms with E-state index in [0.29, 0.717) is 41.5 Å². The quantitative estimate of drug-likeness (QED) is 0.858. The number of fused-ring (bicyclic) bond motifs is 2. The summed E-state index contributed by atoms with van der Waals surface area (Å²) in [6.07, 6.45) is 2.46. The van der Waals surface area contributed by atoms with Crippen molar-refractivity contribution in [3.63, 3.8) is 0 Å². The smallest absolute Gasteiger partial charge is 0.289 e. The molecule has 1 N–H and O–H groups in total. The third-order valence-corrected chi connectivity index (χ3v) is 6.69. The Hall–Kier alpha value is -2.38. The zero-order valence-electron chi connectivity index (χ0n) is 17.1. The number of hydrogen-bond donors (Lipinski definition) is 1. The molecule has 1 aromatic carbocycles. The van der Waals surface area contributed by atoms with E-state index in [-0.39, 0.29) is 17.4 Å². The van der Waals surface area contributed by atoms with Gasteiger partial charge < -0.3 is 24.3 Å². The lowest BCUT2D eigenvalue weighted by Crippen LogP contribution is -2.40. The van der Waals surface area contributed by atoms with Crippen molar-refractivity contribution >= 4 is 28.5 Å². The van der Waals surface area contributed by atoms with Gasteiger partial charge >= 0.3 is 0 Å². The highest BCUT2D eigenvalue weighted by molar-refractivity contribution is 5.98. The van der Waals surface area contributed by atoms with Crippen LogP contribution in [0, 0.1) is 11.8 Å². The average molecular weight is 397 g/mol. The van der Waals surface area contributed by atoms with Crippen molar-refractivity contribution in [3.05, 3.63) is 30.0 Å². The van der Waals surface area contributed by atoms with Gasteiger partial charge in [0.05, 0.1) is 18.2 Å². The molecule has 4 atom stereocenters. The molecule has 3 aliphatic rings. The fraction of sp³-hybridized carbons (Fsp3) is 0.545. The number of furan rings is 1. The number of rotatable bonds is 4. The van der Waals surface area contributed by atoms with Gasteiger partial charge in [-0.05, 0) is 51.2 Å². The van der Waals surface area contributed by atoms with Gasteiger partial charge in [0.25, 0.3) is 5.91 Å². The first-order chi connectivity index (χ1) is 13.8. The summed E-state index contributed by atoms with van der Waals surface area (Å²) in [4.78, 5) is 28.6. The number of likely N-dealkylation sites (tertiary alicyclic amines) is 1. The van der Waals surface area contributed by atoms with Crippen LogP contribution in [0.3, 0.4) is 0 Å². The minimum absolute atomic E-state index is 0.0818. The van der Waals surface area contributed by atoms with Crippen LogP contribution in [-0.4, -0.2) is 67.0 Å². The predicted molar refractivity (Wildman–Crippen MR) is 109 cm³/mol. The van der Waals surface area contributed by atoms with Crippen LogP contribution in [0.5, 0.6) is 0 Å². The highest BCUT2D eigenvalue weighted by atomic mass is 16.5. The summed E-state index contributed by atoms with van der Waals surface area (Å²) in [5.41, 5.74) is 1.16. The number of hydrogen-bond acceptors (Lipinski definition) is 5. The van der Waals surface area contributed by atoms with Crippen LogP contribution in [0.2, 0.25) is 0 Å². The highest BCUT2D eigenvalue weighted by Crippen LogP contribution is 2.55. The monoisotopic (exact) mass is 397 g/mol. The highest BCUT2D eigenvalue weighted by Gasteiger charge is 2.63. The molecule has 3 fully saturated rings. The number of ether oxygens (including phenoxy) is 1. The topological polar surface area (TPSA) is 75.0 Å². The summed E-state index contributed by atoms with van der Waals surface area (Å²) >= 11 is 0. The molecule has 7 heteroatoms. The molecule has 3 aliphatic heterocycles. The maximum atomic E-state index is 13.2. The number of nitrogens with one attached hydrogen (secondary N) is 1. The second kappa shape index (κ2) is 6.57. The minimum Gasteiger partial charge on any atom is -0.451 e. The lowest BCUT2D eigenvalue weighted by atomic mass is 9.73. The van der Waals surface area contributed by atoms with Crippen LogP contribution < -0.4 is 5.32 Å². The maximum absolute atomic E-state index is 13.2. The Morgan fingerprint density at radius 3 is 2.90 bits per heavy atom. The molecule has 4 heterocycles. The summed E-state index contributed by atoms with van der Waals surface area (Å²) in [7, 11) is 4.19. The number of carbonyl (C=O) groups excluding carboxylic acids is 2. The second-order valence-corrected chi connectivity index (χ2v) is 9.02. The first-order valence-corrected chi connectivity index (χ1v) is 10.3. The molecule has 29 heavy (non-hydrogen) atoms. The fourth-order valence-electron chi connectivity index (χ4n) is 5.60. The summed E-state index contributed by atoms with van der Waals surface area (Å²) in [6, 6.07) is 7.15. The molecule has 154 valence electrons. The lowest BCUT2D eigenvalue weighted by molar-refractivity contribution is -0.114. The Balaban J connectivity index is 1.37. The molecule has 0 aliphatic carbocycles. The Morgan fingerprint density at radius 1 is 1.31 bits per heavy atom. The summed E-state index contributed by atoms with van der Waals surface area (Å²) in [6.45, 7) is 3.83. The fourth-order valence-corrected chi connectivity index (χ4v) is 5.60. The standard InChI is InChI=1S/C22H27N3O4/c1-13(26)23-15-4-5-18-14(8-15)9-20(28-18)21(27)25-11-17-16(10-24(2)3)19-6-7-22(17,12-25)29-19/h4-5,8-9,16-17,19H,6-7,10-12H2,1-3H3,(H,23,26)/t16-,17+,19+,22+/m1/s1. The van der Waals surface area contributed by atoms with Crippen molar-refractivity contribution in [1.82, 2.24) is 9.80 Å². The zero-order chi connectivity index (χ0) is 20.3. The molecule has 7 nitrogen and oxygen atoms in total. The van der Waals surface area contributed by atoms with Gasteiger partial charge in [-0.2, -0.15) is 0 Å². The zero-order valence-corrected chi connectivity index (χ0v) is 17.1. The SMILES string of the molecule is CC(=O)Nc1ccc2oc(C(=O)N3C[C@H]4[C@@H](CN(C)C)[C@@H]5CC[C@@]4(C3)O5)cc2c1. The number of benzene rings is 1. The van der Waals surface area contributed by atoms with E-state index in [0.717, 1.165) is 31.3 Å². The van der Waals surface area contributed by atoms with Gasteiger partial charge in [-0.15, -0.1) is 0 Å². The third kappa shape index (κ3) is 3.04. The van der Waals surface area contributed by atoms with Crippen LogP contribution in [0.25, 0.3) is 11.0 Å². The Kier molecular flexibility index (Phi) is 4.22. The normalized spacial score (nSPS) is 30.3. The van der Waals surface area contributed by atoms with Gasteiger partial charge in [-0.25, -0.2) is 0 Å². The van der Waals surface area contributed by atoms with Crippen LogP contribution in [0.4, 0.5) is 5.69 Å². The van der Waals surface area contributed by atoms with Crippen molar-refractivity contribution in [1.29, 1.82) is 0 Å². The molecule has 0 saturated carbocycles. The molecule has 2 amide bonds. The van der Waals surface area contributed by atoms with Crippen molar-refractivity contribution in [2.45, 2.75) is 31.5 Å². The van der Waals surface area contributed by atoms with Gasteiger partial charge in [-0.3, -0.25) is 9.59 Å². The van der Waals surface area contributed by atoms with E-state index in [9.17, 15) is 9.59 Å². The average Bonchev–Trinajstić information content (AvgIpc) is 3.39. The minimum atomic E-state index is -0.175. The van der Waals surface area contributed by atoms with Crippen molar-refractivity contribution in [3.8, 4) is 0 Å².